The molecule has 1 aliphatic heterocycles. The lowest BCUT2D eigenvalue weighted by atomic mass is 9.79. The first-order valence-electron chi connectivity index (χ1n) is 9.59. The Morgan fingerprint density at radius 2 is 2.00 bits per heavy atom. The normalized spacial score (nSPS) is 23.9. The molecule has 1 fully saturated rings. The minimum atomic E-state index is -0.359. The molecule has 0 aliphatic carbocycles. The largest absolute Gasteiger partial charge is 0.350 e. The average Bonchev–Trinajstić information content (AvgIpc) is 2.63. The van der Waals surface area contributed by atoms with E-state index in [0.29, 0.717) is 11.9 Å². The molecule has 0 amide bonds. The van der Waals surface area contributed by atoms with Crippen LogP contribution in [0.1, 0.15) is 71.1 Å². The van der Waals surface area contributed by atoms with Gasteiger partial charge < -0.3 is 4.90 Å². The van der Waals surface area contributed by atoms with Gasteiger partial charge in [0.2, 0.25) is 0 Å². The van der Waals surface area contributed by atoms with E-state index in [1.54, 1.807) is 0 Å². The van der Waals surface area contributed by atoms with Crippen molar-refractivity contribution in [2.45, 2.75) is 82.7 Å². The fraction of sp³-hybridized carbons (Fsp3) is 0.667. The first-order valence-corrected chi connectivity index (χ1v) is 10.1. The Hall–Kier alpha value is -1.20. The van der Waals surface area contributed by atoms with Crippen molar-refractivity contribution < 1.29 is 0 Å². The first-order chi connectivity index (χ1) is 11.8. The van der Waals surface area contributed by atoms with Gasteiger partial charge in [-0.3, -0.25) is 0 Å². The van der Waals surface area contributed by atoms with Crippen molar-refractivity contribution in [3.8, 4) is 6.07 Å². The minimum absolute atomic E-state index is 0.359. The van der Waals surface area contributed by atoms with E-state index in [4.69, 9.17) is 11.6 Å². The van der Waals surface area contributed by atoms with Crippen LogP contribution in [0.25, 0.3) is 0 Å². The van der Waals surface area contributed by atoms with Crippen molar-refractivity contribution in [1.82, 2.24) is 0 Å². The highest BCUT2D eigenvalue weighted by atomic mass is 35.5. The van der Waals surface area contributed by atoms with E-state index in [0.717, 1.165) is 32.1 Å². The number of nitrogens with zero attached hydrogens (tertiary/aromatic N) is 2. The third-order valence-corrected chi connectivity index (χ3v) is 5.58. The summed E-state index contributed by atoms with van der Waals surface area (Å²) < 4.78 is 0. The summed E-state index contributed by atoms with van der Waals surface area (Å²) in [6, 6.07) is 13.8. The summed E-state index contributed by atoms with van der Waals surface area (Å²) in [5, 5.41) is 10.1. The number of anilines is 1. The highest BCUT2D eigenvalue weighted by Crippen LogP contribution is 2.41. The molecule has 1 aromatic rings. The van der Waals surface area contributed by atoms with Crippen LogP contribution < -0.4 is 4.90 Å². The molecule has 3 heteroatoms. The van der Waals surface area contributed by atoms with Gasteiger partial charge in [-0.25, -0.2) is 0 Å². The molecule has 2 nitrogen and oxygen atoms in total. The zero-order valence-corrected chi connectivity index (χ0v) is 15.8. The number of alkyl halides is 1. The molecule has 0 radical (unpaired) electrons. The fourth-order valence-corrected chi connectivity index (χ4v) is 4.29. The van der Waals surface area contributed by atoms with Gasteiger partial charge in [-0.05, 0) is 57.1 Å². The number of unbranched alkanes of at least 4 members (excludes halogenated alkanes) is 3. The van der Waals surface area contributed by atoms with Crippen molar-refractivity contribution in [3.63, 3.8) is 0 Å². The second-order valence-electron chi connectivity index (χ2n) is 7.04. The highest BCUT2D eigenvalue weighted by molar-refractivity contribution is 6.17. The van der Waals surface area contributed by atoms with Gasteiger partial charge in [-0.1, -0.05) is 44.4 Å². The van der Waals surface area contributed by atoms with Crippen molar-refractivity contribution in [2.75, 3.05) is 10.8 Å². The highest BCUT2D eigenvalue weighted by Gasteiger charge is 2.43. The lowest BCUT2D eigenvalue weighted by Crippen LogP contribution is -2.56. The zero-order valence-electron chi connectivity index (χ0n) is 15.0. The molecule has 0 saturated carbocycles. The van der Waals surface area contributed by atoms with Crippen LogP contribution >= 0.6 is 11.6 Å². The summed E-state index contributed by atoms with van der Waals surface area (Å²) in [6.07, 6.45) is 11.3. The quantitative estimate of drug-likeness (QED) is 0.387. The Labute approximate surface area is 152 Å². The number of benzene rings is 1. The van der Waals surface area contributed by atoms with Gasteiger partial charge in [-0.15, -0.1) is 11.6 Å². The summed E-state index contributed by atoms with van der Waals surface area (Å²) in [7, 11) is 0. The number of hydrogen-bond donors (Lipinski definition) is 0. The Morgan fingerprint density at radius 3 is 2.67 bits per heavy atom. The predicted octanol–water partition coefficient (Wildman–Crippen LogP) is 6.30. The van der Waals surface area contributed by atoms with Gasteiger partial charge in [0.15, 0.2) is 0 Å². The van der Waals surface area contributed by atoms with E-state index in [2.05, 4.69) is 48.2 Å². The number of halogens is 1. The van der Waals surface area contributed by atoms with Gasteiger partial charge in [0, 0.05) is 17.6 Å². The topological polar surface area (TPSA) is 27.0 Å². The van der Waals surface area contributed by atoms with Crippen LogP contribution in [0.4, 0.5) is 5.69 Å². The molecule has 1 aromatic carbocycles. The molecule has 2 rings (SSSR count). The van der Waals surface area contributed by atoms with Gasteiger partial charge in [-0.2, -0.15) is 5.26 Å². The molecule has 0 unspecified atom stereocenters. The maximum Gasteiger partial charge on any atom is 0.128 e. The van der Waals surface area contributed by atoms with Crippen LogP contribution in [-0.4, -0.2) is 17.5 Å². The molecule has 2 atom stereocenters. The smallest absolute Gasteiger partial charge is 0.128 e. The number of hydrogen-bond acceptors (Lipinski definition) is 2. The molecule has 1 saturated heterocycles. The van der Waals surface area contributed by atoms with Crippen molar-refractivity contribution in [1.29, 1.82) is 5.26 Å². The molecule has 1 heterocycles. The molecule has 0 bridgehead atoms. The van der Waals surface area contributed by atoms with Crippen LogP contribution in [0.5, 0.6) is 0 Å². The minimum Gasteiger partial charge on any atom is -0.350 e. The summed E-state index contributed by atoms with van der Waals surface area (Å²) in [4.78, 5) is 2.47. The zero-order chi connectivity index (χ0) is 17.3. The van der Waals surface area contributed by atoms with E-state index in [-0.39, 0.29) is 5.54 Å². The van der Waals surface area contributed by atoms with Crippen LogP contribution in [0, 0.1) is 11.3 Å². The average molecular weight is 347 g/mol. The fourth-order valence-electron chi connectivity index (χ4n) is 4.10. The molecule has 0 N–H and O–H groups in total. The molecule has 0 aromatic heterocycles. The van der Waals surface area contributed by atoms with E-state index >= 15 is 0 Å². The van der Waals surface area contributed by atoms with Gasteiger partial charge in [0.25, 0.3) is 0 Å². The summed E-state index contributed by atoms with van der Waals surface area (Å²) >= 11 is 5.88. The van der Waals surface area contributed by atoms with Crippen molar-refractivity contribution in [3.05, 3.63) is 30.3 Å². The van der Waals surface area contributed by atoms with Crippen LogP contribution in [0.3, 0.4) is 0 Å². The summed E-state index contributed by atoms with van der Waals surface area (Å²) in [5.74, 6) is 0.687. The third-order valence-electron chi connectivity index (χ3n) is 5.31. The molecule has 1 aliphatic rings. The molecule has 132 valence electrons. The summed E-state index contributed by atoms with van der Waals surface area (Å²) in [6.45, 7) is 2.25. The molecule has 24 heavy (non-hydrogen) atoms. The number of para-hydroxylation sites is 1. The third kappa shape index (κ3) is 4.67. The van der Waals surface area contributed by atoms with Crippen LogP contribution in [0.2, 0.25) is 0 Å². The van der Waals surface area contributed by atoms with Crippen molar-refractivity contribution >= 4 is 17.3 Å². The summed E-state index contributed by atoms with van der Waals surface area (Å²) in [5.41, 5.74) is 0.855. The molecular formula is C21H31ClN2. The standard InChI is InChI=1S/C21H31ClN2/c1-2-3-5-11-20-14-10-16-21(18-23,15-8-9-17-22)24(20)19-12-6-4-7-13-19/h4,6-7,12-13,20H,2-3,5,8-11,14-17H2,1H3/t20-,21+/m1/s1. The number of piperidine rings is 1. The maximum atomic E-state index is 10.1. The van der Waals surface area contributed by atoms with Crippen molar-refractivity contribution in [2.24, 2.45) is 0 Å². The second kappa shape index (κ2) is 9.94. The lowest BCUT2D eigenvalue weighted by molar-refractivity contribution is 0.287. The Morgan fingerprint density at radius 1 is 1.21 bits per heavy atom. The Bertz CT molecular complexity index is 510. The Balaban J connectivity index is 2.26. The maximum absolute atomic E-state index is 10.1. The van der Waals surface area contributed by atoms with E-state index < -0.39 is 0 Å². The van der Waals surface area contributed by atoms with E-state index in [1.807, 2.05) is 0 Å². The first kappa shape index (κ1) is 19.1. The van der Waals surface area contributed by atoms with E-state index in [1.165, 1.54) is 37.8 Å². The SMILES string of the molecule is CCCCC[C@@H]1CCC[C@](C#N)(CCCCCl)N1c1ccccc1. The monoisotopic (exact) mass is 346 g/mol. The number of nitriles is 1. The van der Waals surface area contributed by atoms with Gasteiger partial charge in [0.05, 0.1) is 6.07 Å². The lowest BCUT2D eigenvalue weighted by Gasteiger charge is -2.49. The predicted molar refractivity (Wildman–Crippen MR) is 104 cm³/mol. The Kier molecular flexibility index (Phi) is 7.92. The van der Waals surface area contributed by atoms with E-state index in [9.17, 15) is 5.26 Å². The molecule has 0 spiro atoms. The van der Waals surface area contributed by atoms with Crippen LogP contribution in [-0.2, 0) is 0 Å². The van der Waals surface area contributed by atoms with Gasteiger partial charge >= 0.3 is 0 Å². The van der Waals surface area contributed by atoms with Crippen LogP contribution in [0.15, 0.2) is 30.3 Å². The molecular weight excluding hydrogens is 316 g/mol. The number of rotatable bonds is 9. The second-order valence-corrected chi connectivity index (χ2v) is 7.41. The van der Waals surface area contributed by atoms with Gasteiger partial charge in [0.1, 0.15) is 5.54 Å².